The number of hydrogen-bond donors (Lipinski definition) is 0. The van der Waals surface area contributed by atoms with Crippen LogP contribution < -0.4 is 0 Å². The number of hydrogen-bond acceptors (Lipinski definition) is 6. The maximum Gasteiger partial charge on any atom is 0.118 e. The Kier molecular flexibility index (Phi) is 3.29. The lowest BCUT2D eigenvalue weighted by molar-refractivity contribution is -0.0957. The summed E-state index contributed by atoms with van der Waals surface area (Å²) in [6.07, 6.45) is 5.68. The van der Waals surface area contributed by atoms with Crippen molar-refractivity contribution in [2.75, 3.05) is 33.5 Å². The standard InChI is InChI=1S/C19H24N2O4/c1-22-15-9-25-17-13(8-24-18(15)17)11-6-14-12-7-20-3-2-10(12)16(11)19-21(14)4-5-23-19/h2-3,7,11,13-19H,4-6,8-9H2,1H3/t11?,13-,14-,15+,16-,17+,18+,19?/m0/s1. The van der Waals surface area contributed by atoms with Gasteiger partial charge in [0.2, 0.25) is 0 Å². The molecule has 4 saturated heterocycles. The summed E-state index contributed by atoms with van der Waals surface area (Å²) in [5, 5.41) is 0. The Labute approximate surface area is 147 Å². The van der Waals surface area contributed by atoms with Crippen molar-refractivity contribution in [3.8, 4) is 0 Å². The van der Waals surface area contributed by atoms with Crippen LogP contribution in [0.2, 0.25) is 0 Å². The fraction of sp³-hybridized carbons (Fsp3) is 0.737. The molecule has 25 heavy (non-hydrogen) atoms. The van der Waals surface area contributed by atoms with Crippen LogP contribution in [0.3, 0.4) is 0 Å². The predicted octanol–water partition coefficient (Wildman–Crippen LogP) is 1.33. The second-order valence-electron chi connectivity index (χ2n) is 7.98. The van der Waals surface area contributed by atoms with Gasteiger partial charge in [-0.2, -0.15) is 0 Å². The topological polar surface area (TPSA) is 53.1 Å². The van der Waals surface area contributed by atoms with Crippen molar-refractivity contribution in [2.24, 2.45) is 11.8 Å². The lowest BCUT2D eigenvalue weighted by atomic mass is 9.63. The van der Waals surface area contributed by atoms with Gasteiger partial charge >= 0.3 is 0 Å². The van der Waals surface area contributed by atoms with E-state index >= 15 is 0 Å². The van der Waals surface area contributed by atoms with Crippen LogP contribution in [0, 0.1) is 11.8 Å². The average Bonchev–Trinajstić information content (AvgIpc) is 3.37. The van der Waals surface area contributed by atoms with Gasteiger partial charge in [0, 0.05) is 43.9 Å². The number of fused-ring (bicyclic) bond motifs is 2. The summed E-state index contributed by atoms with van der Waals surface area (Å²) in [5.74, 6) is 1.35. The Bertz CT molecular complexity index is 685. The smallest absolute Gasteiger partial charge is 0.118 e. The van der Waals surface area contributed by atoms with E-state index in [1.807, 2.05) is 6.20 Å². The fourth-order valence-electron chi connectivity index (χ4n) is 6.09. The van der Waals surface area contributed by atoms with E-state index in [9.17, 15) is 0 Å². The van der Waals surface area contributed by atoms with Gasteiger partial charge in [0.1, 0.15) is 18.4 Å². The van der Waals surface area contributed by atoms with E-state index in [1.54, 1.807) is 7.11 Å². The van der Waals surface area contributed by atoms with E-state index in [1.165, 1.54) is 11.1 Å². The van der Waals surface area contributed by atoms with E-state index in [-0.39, 0.29) is 24.5 Å². The molecule has 6 nitrogen and oxygen atoms in total. The van der Waals surface area contributed by atoms with Gasteiger partial charge in [0.05, 0.1) is 25.9 Å². The number of pyridine rings is 1. The van der Waals surface area contributed by atoms with E-state index in [0.717, 1.165) is 26.2 Å². The average molecular weight is 344 g/mol. The molecule has 0 aromatic carbocycles. The summed E-state index contributed by atoms with van der Waals surface area (Å²) in [6, 6.07) is 2.63. The van der Waals surface area contributed by atoms with E-state index < -0.39 is 0 Å². The minimum atomic E-state index is 0.0755. The maximum absolute atomic E-state index is 6.19. The molecule has 134 valence electrons. The van der Waals surface area contributed by atoms with Crippen molar-refractivity contribution in [3.63, 3.8) is 0 Å². The number of ether oxygens (including phenoxy) is 4. The second-order valence-corrected chi connectivity index (χ2v) is 7.98. The van der Waals surface area contributed by atoms with Gasteiger partial charge in [0.15, 0.2) is 0 Å². The molecule has 0 amide bonds. The molecule has 5 aliphatic heterocycles. The van der Waals surface area contributed by atoms with Crippen LogP contribution in [0.4, 0.5) is 0 Å². The molecule has 0 spiro atoms. The molecule has 8 atom stereocenters. The van der Waals surface area contributed by atoms with Gasteiger partial charge in [-0.3, -0.25) is 9.88 Å². The molecule has 1 aliphatic carbocycles. The summed E-state index contributed by atoms with van der Waals surface area (Å²) in [4.78, 5) is 6.94. The Morgan fingerprint density at radius 3 is 2.96 bits per heavy atom. The number of nitrogens with zero attached hydrogens (tertiary/aromatic N) is 2. The molecule has 1 aromatic heterocycles. The first-order valence-electron chi connectivity index (χ1n) is 9.44. The molecule has 4 fully saturated rings. The van der Waals surface area contributed by atoms with Crippen LogP contribution in [0.15, 0.2) is 18.5 Å². The normalized spacial score (nSPS) is 47.7. The van der Waals surface area contributed by atoms with Gasteiger partial charge in [-0.1, -0.05) is 0 Å². The molecule has 6 heteroatoms. The van der Waals surface area contributed by atoms with Crippen LogP contribution in [0.1, 0.15) is 29.5 Å². The highest BCUT2D eigenvalue weighted by molar-refractivity contribution is 5.38. The molecule has 2 unspecified atom stereocenters. The number of methoxy groups -OCH3 is 1. The third kappa shape index (κ3) is 1.95. The zero-order valence-electron chi connectivity index (χ0n) is 14.4. The first-order chi connectivity index (χ1) is 12.4. The summed E-state index contributed by atoms with van der Waals surface area (Å²) in [6.45, 7) is 3.29. The highest BCUT2D eigenvalue weighted by atomic mass is 16.6. The van der Waals surface area contributed by atoms with Crippen molar-refractivity contribution in [1.82, 2.24) is 9.88 Å². The first kappa shape index (κ1) is 15.1. The van der Waals surface area contributed by atoms with Crippen LogP contribution in [-0.2, 0) is 18.9 Å². The van der Waals surface area contributed by atoms with Gasteiger partial charge in [-0.05, 0) is 29.5 Å². The third-order valence-electron chi connectivity index (χ3n) is 7.13. The lowest BCUT2D eigenvalue weighted by Gasteiger charge is -2.53. The SMILES string of the molecule is CO[C@@H]1CO[C@H]2[C@@H]1OC[C@H]2C1C[C@H]2c3cnccc3[C@@H]1C1OCCN12. The zero-order chi connectivity index (χ0) is 16.5. The van der Waals surface area contributed by atoms with Gasteiger partial charge in [0.25, 0.3) is 0 Å². The molecular formula is C19H24N2O4. The fourth-order valence-corrected chi connectivity index (χ4v) is 6.09. The molecule has 0 saturated carbocycles. The van der Waals surface area contributed by atoms with Crippen molar-refractivity contribution in [2.45, 2.75) is 42.9 Å². The Balaban J connectivity index is 1.37. The molecule has 1 aromatic rings. The van der Waals surface area contributed by atoms with Crippen molar-refractivity contribution in [3.05, 3.63) is 29.6 Å². The first-order valence-corrected chi connectivity index (χ1v) is 9.44. The van der Waals surface area contributed by atoms with Gasteiger partial charge in [-0.15, -0.1) is 0 Å². The Hall–Kier alpha value is -1.05. The maximum atomic E-state index is 6.19. The minimum absolute atomic E-state index is 0.0755. The summed E-state index contributed by atoms with van der Waals surface area (Å²) >= 11 is 0. The molecule has 0 radical (unpaired) electrons. The monoisotopic (exact) mass is 344 g/mol. The van der Waals surface area contributed by atoms with Crippen LogP contribution >= 0.6 is 0 Å². The van der Waals surface area contributed by atoms with Gasteiger partial charge in [-0.25, -0.2) is 0 Å². The molecule has 7 rings (SSSR count). The quantitative estimate of drug-likeness (QED) is 0.807. The third-order valence-corrected chi connectivity index (χ3v) is 7.13. The van der Waals surface area contributed by atoms with Crippen molar-refractivity contribution < 1.29 is 18.9 Å². The Morgan fingerprint density at radius 2 is 2.04 bits per heavy atom. The van der Waals surface area contributed by atoms with Crippen molar-refractivity contribution >= 4 is 0 Å². The Morgan fingerprint density at radius 1 is 1.12 bits per heavy atom. The van der Waals surface area contributed by atoms with Crippen LogP contribution in [0.5, 0.6) is 0 Å². The largest absolute Gasteiger partial charge is 0.376 e. The molecule has 6 aliphatic rings. The van der Waals surface area contributed by atoms with E-state index in [4.69, 9.17) is 18.9 Å². The number of aromatic nitrogens is 1. The zero-order valence-corrected chi connectivity index (χ0v) is 14.4. The molecule has 2 bridgehead atoms. The number of piperidine rings is 1. The highest BCUT2D eigenvalue weighted by Gasteiger charge is 2.59. The molecular weight excluding hydrogens is 320 g/mol. The summed E-state index contributed by atoms with van der Waals surface area (Å²) < 4.78 is 24.0. The van der Waals surface area contributed by atoms with Crippen LogP contribution in [0.25, 0.3) is 0 Å². The predicted molar refractivity (Wildman–Crippen MR) is 88.0 cm³/mol. The minimum Gasteiger partial charge on any atom is -0.376 e. The lowest BCUT2D eigenvalue weighted by Crippen LogP contribution is -2.54. The van der Waals surface area contributed by atoms with Crippen molar-refractivity contribution in [1.29, 1.82) is 0 Å². The van der Waals surface area contributed by atoms with E-state index in [0.29, 0.717) is 30.4 Å². The number of rotatable bonds is 2. The highest BCUT2D eigenvalue weighted by Crippen LogP contribution is 2.58. The van der Waals surface area contributed by atoms with Gasteiger partial charge < -0.3 is 18.9 Å². The second kappa shape index (κ2) is 5.47. The summed E-state index contributed by atoms with van der Waals surface area (Å²) in [5.41, 5.74) is 2.84. The van der Waals surface area contributed by atoms with E-state index in [2.05, 4.69) is 22.1 Å². The summed E-state index contributed by atoms with van der Waals surface area (Å²) in [7, 11) is 1.75. The molecule has 6 heterocycles. The molecule has 0 N–H and O–H groups in total. The van der Waals surface area contributed by atoms with Crippen LogP contribution in [-0.4, -0.2) is 67.9 Å².